The molecule has 1 saturated heterocycles. The minimum absolute atomic E-state index is 0.0663. The number of pyridine rings is 1. The van der Waals surface area contributed by atoms with Gasteiger partial charge in [-0.15, -0.1) is 10.2 Å². The Balaban J connectivity index is 1.36. The summed E-state index contributed by atoms with van der Waals surface area (Å²) in [5, 5.41) is 18.3. The fourth-order valence-corrected chi connectivity index (χ4v) is 5.16. The highest BCUT2D eigenvalue weighted by molar-refractivity contribution is 6.35. The number of rotatable bonds is 6. The van der Waals surface area contributed by atoms with Crippen LogP contribution in [0.15, 0.2) is 42.7 Å². The number of benzene rings is 1. The molecule has 10 heteroatoms. The van der Waals surface area contributed by atoms with E-state index in [2.05, 4.69) is 37.2 Å². The van der Waals surface area contributed by atoms with Gasteiger partial charge in [0, 0.05) is 42.0 Å². The van der Waals surface area contributed by atoms with Crippen molar-refractivity contribution in [3.63, 3.8) is 0 Å². The number of aromatic amines is 1. The Morgan fingerprint density at radius 1 is 1.11 bits per heavy atom. The van der Waals surface area contributed by atoms with Gasteiger partial charge in [-0.2, -0.15) is 5.10 Å². The minimum Gasteiger partial charge on any atom is -0.486 e. The Morgan fingerprint density at radius 3 is 2.51 bits per heavy atom. The van der Waals surface area contributed by atoms with Crippen LogP contribution in [0.5, 0.6) is 5.75 Å². The molecule has 0 aliphatic carbocycles. The molecule has 4 heterocycles. The van der Waals surface area contributed by atoms with Crippen LogP contribution in [0.25, 0.3) is 22.3 Å². The van der Waals surface area contributed by atoms with Gasteiger partial charge < -0.3 is 15.4 Å². The summed E-state index contributed by atoms with van der Waals surface area (Å²) in [5.74, 6) is 1.52. The highest BCUT2D eigenvalue weighted by atomic mass is 35.5. The van der Waals surface area contributed by atoms with E-state index >= 15 is 0 Å². The highest BCUT2D eigenvalue weighted by Gasteiger charge is 2.29. The number of anilines is 1. The van der Waals surface area contributed by atoms with Gasteiger partial charge in [-0.1, -0.05) is 30.1 Å². The molecule has 0 amide bonds. The molecular weight excluding hydrogens is 485 g/mol. The van der Waals surface area contributed by atoms with Crippen molar-refractivity contribution in [1.82, 2.24) is 25.4 Å². The van der Waals surface area contributed by atoms with Crippen molar-refractivity contribution < 1.29 is 4.74 Å². The molecule has 3 aromatic heterocycles. The Kier molecular flexibility index (Phi) is 6.53. The average Bonchev–Trinajstić information content (AvgIpc) is 3.28. The van der Waals surface area contributed by atoms with Gasteiger partial charge in [0.05, 0.1) is 15.6 Å². The molecule has 0 bridgehead atoms. The molecule has 4 aromatic rings. The van der Waals surface area contributed by atoms with Crippen LogP contribution >= 0.6 is 23.2 Å². The van der Waals surface area contributed by atoms with Crippen molar-refractivity contribution in [1.29, 1.82) is 0 Å². The van der Waals surface area contributed by atoms with E-state index in [-0.39, 0.29) is 11.6 Å². The van der Waals surface area contributed by atoms with Gasteiger partial charge >= 0.3 is 0 Å². The first-order chi connectivity index (χ1) is 16.9. The zero-order valence-corrected chi connectivity index (χ0v) is 21.1. The van der Waals surface area contributed by atoms with Crippen LogP contribution in [0.3, 0.4) is 0 Å². The van der Waals surface area contributed by atoms with E-state index < -0.39 is 0 Å². The third-order valence-electron chi connectivity index (χ3n) is 6.82. The molecule has 1 aliphatic rings. The molecule has 3 N–H and O–H groups in total. The molecule has 0 radical (unpaired) electrons. The van der Waals surface area contributed by atoms with Crippen LogP contribution in [0, 0.1) is 0 Å². The fourth-order valence-electron chi connectivity index (χ4n) is 4.49. The quantitative estimate of drug-likeness (QED) is 0.348. The molecule has 1 aliphatic heterocycles. The number of aromatic nitrogens is 5. The second kappa shape index (κ2) is 9.60. The monoisotopic (exact) mass is 511 g/mol. The summed E-state index contributed by atoms with van der Waals surface area (Å²) < 4.78 is 6.16. The molecule has 0 unspecified atom stereocenters. The van der Waals surface area contributed by atoms with Crippen LogP contribution in [0.2, 0.25) is 10.0 Å². The first-order valence-corrected chi connectivity index (χ1v) is 12.4. The van der Waals surface area contributed by atoms with Crippen LogP contribution < -0.4 is 15.4 Å². The number of piperidine rings is 1. The number of hydrogen-bond acceptors (Lipinski definition) is 7. The van der Waals surface area contributed by atoms with Gasteiger partial charge in [-0.05, 0) is 56.5 Å². The van der Waals surface area contributed by atoms with Gasteiger partial charge in [0.1, 0.15) is 23.2 Å². The van der Waals surface area contributed by atoms with Crippen LogP contribution in [-0.2, 0) is 0 Å². The number of fused-ring (bicyclic) bond motifs is 1. The highest BCUT2D eigenvalue weighted by Crippen LogP contribution is 2.34. The second-order valence-corrected chi connectivity index (χ2v) is 9.85. The Morgan fingerprint density at radius 2 is 1.86 bits per heavy atom. The van der Waals surface area contributed by atoms with Crippen LogP contribution in [0.1, 0.15) is 44.8 Å². The number of ether oxygens (including phenoxy) is 1. The fraction of sp³-hybridized carbons (Fsp3) is 0.360. The van der Waals surface area contributed by atoms with Crippen molar-refractivity contribution in [2.24, 2.45) is 5.73 Å². The van der Waals surface area contributed by atoms with E-state index in [1.54, 1.807) is 12.4 Å². The molecule has 182 valence electrons. The molecule has 1 aromatic carbocycles. The van der Waals surface area contributed by atoms with E-state index in [4.69, 9.17) is 33.7 Å². The van der Waals surface area contributed by atoms with Gasteiger partial charge in [-0.25, -0.2) is 0 Å². The lowest BCUT2D eigenvalue weighted by atomic mass is 9.86. The summed E-state index contributed by atoms with van der Waals surface area (Å²) in [6.45, 7) is 5.81. The summed E-state index contributed by atoms with van der Waals surface area (Å²) in [7, 11) is 0. The topological polar surface area (TPSA) is 106 Å². The van der Waals surface area contributed by atoms with Gasteiger partial charge in [0.2, 0.25) is 0 Å². The Labute approximate surface area is 213 Å². The minimum atomic E-state index is -0.366. The normalized spacial score (nSPS) is 16.4. The average molecular weight is 512 g/mol. The van der Waals surface area contributed by atoms with E-state index in [0.717, 1.165) is 49.1 Å². The maximum atomic E-state index is 6.43. The summed E-state index contributed by atoms with van der Waals surface area (Å²) in [4.78, 5) is 6.24. The van der Waals surface area contributed by atoms with Gasteiger partial charge in [-0.3, -0.25) is 10.1 Å². The van der Waals surface area contributed by atoms with Crippen molar-refractivity contribution in [2.45, 2.75) is 44.8 Å². The summed E-state index contributed by atoms with van der Waals surface area (Å²) in [5.41, 5.74) is 9.33. The zero-order valence-electron chi connectivity index (χ0n) is 19.6. The van der Waals surface area contributed by atoms with E-state index in [1.165, 1.54) is 0 Å². The van der Waals surface area contributed by atoms with Crippen LogP contribution in [-0.4, -0.2) is 44.0 Å². The van der Waals surface area contributed by atoms with Crippen molar-refractivity contribution >= 4 is 39.9 Å². The predicted molar refractivity (Wildman–Crippen MR) is 139 cm³/mol. The Hall–Kier alpha value is -2.94. The van der Waals surface area contributed by atoms with Crippen molar-refractivity contribution in [3.05, 3.63) is 58.3 Å². The van der Waals surface area contributed by atoms with E-state index in [0.29, 0.717) is 32.7 Å². The zero-order chi connectivity index (χ0) is 24.6. The standard InChI is InChI=1S/C25H27Cl2N7O/c1-3-25(28)8-10-34(11-9-25)22-7-6-21(31-32-22)24-17-12-16(4-5-20(17)30-33-24)35-15(2)23-18(26)13-29-14-19(23)27/h4-7,12-15H,3,8-11,28H2,1-2H3,(H,30,33)/t15-/m1/s1. The molecule has 0 saturated carbocycles. The third kappa shape index (κ3) is 4.78. The number of nitrogens with one attached hydrogen (secondary N) is 1. The van der Waals surface area contributed by atoms with Gasteiger partial charge in [0.25, 0.3) is 0 Å². The number of halogens is 2. The van der Waals surface area contributed by atoms with E-state index in [9.17, 15) is 0 Å². The van der Waals surface area contributed by atoms with Gasteiger partial charge in [0.15, 0.2) is 5.82 Å². The number of nitrogens with two attached hydrogens (primary N) is 1. The van der Waals surface area contributed by atoms with Crippen LogP contribution in [0.4, 0.5) is 5.82 Å². The SMILES string of the molecule is CCC1(N)CCN(c2ccc(-c3n[nH]c4ccc(O[C@H](C)c5c(Cl)cncc5Cl)cc34)nn2)CC1. The number of H-pyrrole nitrogens is 1. The lowest BCUT2D eigenvalue weighted by Gasteiger charge is -2.39. The van der Waals surface area contributed by atoms with E-state index in [1.807, 2.05) is 37.3 Å². The van der Waals surface area contributed by atoms with Crippen molar-refractivity contribution in [3.8, 4) is 17.1 Å². The largest absolute Gasteiger partial charge is 0.486 e. The maximum absolute atomic E-state index is 6.43. The molecule has 1 atom stereocenters. The smallest absolute Gasteiger partial charge is 0.151 e. The first-order valence-electron chi connectivity index (χ1n) is 11.7. The lowest BCUT2D eigenvalue weighted by Crippen LogP contribution is -2.50. The summed E-state index contributed by atoms with van der Waals surface area (Å²) in [6, 6.07) is 9.68. The van der Waals surface area contributed by atoms with Crippen molar-refractivity contribution in [2.75, 3.05) is 18.0 Å². The predicted octanol–water partition coefficient (Wildman–Crippen LogP) is 5.57. The first kappa shape index (κ1) is 23.8. The summed E-state index contributed by atoms with van der Waals surface area (Å²) in [6.07, 6.45) is 5.65. The number of nitrogens with zero attached hydrogens (tertiary/aromatic N) is 5. The molecular formula is C25H27Cl2N7O. The molecule has 0 spiro atoms. The molecule has 8 nitrogen and oxygen atoms in total. The summed E-state index contributed by atoms with van der Waals surface area (Å²) >= 11 is 12.6. The molecule has 1 fully saturated rings. The Bertz CT molecular complexity index is 1310. The molecule has 5 rings (SSSR count). The lowest BCUT2D eigenvalue weighted by molar-refractivity contribution is 0.227. The molecule has 35 heavy (non-hydrogen) atoms. The third-order valence-corrected chi connectivity index (χ3v) is 7.43. The second-order valence-electron chi connectivity index (χ2n) is 9.04. The maximum Gasteiger partial charge on any atom is 0.151 e. The number of hydrogen-bond donors (Lipinski definition) is 2.